The summed E-state index contributed by atoms with van der Waals surface area (Å²) in [7, 11) is 1.52. The molecule has 0 spiro atoms. The standard InChI is InChI=1S/C14H13ClFN5O3/c1-18-14-20-9(11(17)13(24)21-14)5-10(22)12(23)19-6-2-3-7(15)8(16)4-6/h2-4H,5,17H2,1H3,(H,19,23)(H2,18,20,21,24). The summed E-state index contributed by atoms with van der Waals surface area (Å²) in [5.74, 6) is -2.51. The average molecular weight is 354 g/mol. The maximum Gasteiger partial charge on any atom is 0.292 e. The molecule has 0 fully saturated rings. The van der Waals surface area contributed by atoms with E-state index in [1.165, 1.54) is 19.2 Å². The van der Waals surface area contributed by atoms with Crippen LogP contribution in [0.2, 0.25) is 5.02 Å². The number of Topliss-reactive ketones (excluding diaryl/α,β-unsaturated/α-hetero) is 1. The zero-order chi connectivity index (χ0) is 17.9. The highest BCUT2D eigenvalue weighted by Gasteiger charge is 2.19. The maximum atomic E-state index is 13.3. The van der Waals surface area contributed by atoms with Crippen LogP contribution in [0.15, 0.2) is 23.0 Å². The third kappa shape index (κ3) is 3.87. The number of hydrogen-bond acceptors (Lipinski definition) is 6. The third-order valence-electron chi connectivity index (χ3n) is 3.03. The number of hydrogen-bond donors (Lipinski definition) is 4. The Morgan fingerprint density at radius 3 is 2.75 bits per heavy atom. The van der Waals surface area contributed by atoms with E-state index in [1.54, 1.807) is 0 Å². The molecule has 126 valence electrons. The summed E-state index contributed by atoms with van der Waals surface area (Å²) in [6.07, 6.45) is -0.480. The lowest BCUT2D eigenvalue weighted by atomic mass is 10.1. The van der Waals surface area contributed by atoms with Crippen LogP contribution in [0.25, 0.3) is 0 Å². The Morgan fingerprint density at radius 1 is 1.42 bits per heavy atom. The molecule has 0 aliphatic carbocycles. The minimum atomic E-state index is -0.996. The molecule has 8 nitrogen and oxygen atoms in total. The van der Waals surface area contributed by atoms with Gasteiger partial charge in [-0.15, -0.1) is 0 Å². The maximum absolute atomic E-state index is 13.3. The van der Waals surface area contributed by atoms with Gasteiger partial charge < -0.3 is 16.4 Å². The van der Waals surface area contributed by atoms with E-state index in [-0.39, 0.29) is 28.0 Å². The van der Waals surface area contributed by atoms with Gasteiger partial charge in [-0.25, -0.2) is 9.37 Å². The number of amides is 1. The molecule has 1 heterocycles. The molecular weight excluding hydrogens is 341 g/mol. The van der Waals surface area contributed by atoms with E-state index < -0.39 is 29.5 Å². The van der Waals surface area contributed by atoms with Crippen LogP contribution in [-0.4, -0.2) is 28.7 Å². The number of benzene rings is 1. The Balaban J connectivity index is 2.14. The molecule has 0 saturated carbocycles. The smallest absolute Gasteiger partial charge is 0.292 e. The summed E-state index contributed by atoms with van der Waals surface area (Å²) < 4.78 is 13.3. The molecule has 2 rings (SSSR count). The number of nitrogens with zero attached hydrogens (tertiary/aromatic N) is 1. The van der Waals surface area contributed by atoms with Crippen LogP contribution in [-0.2, 0) is 16.0 Å². The Kier molecular flexibility index (Phi) is 5.14. The highest BCUT2D eigenvalue weighted by Crippen LogP contribution is 2.18. The number of ketones is 1. The molecule has 0 aliphatic heterocycles. The second-order valence-electron chi connectivity index (χ2n) is 4.71. The minimum Gasteiger partial charge on any atom is -0.393 e. The number of anilines is 3. The summed E-state index contributed by atoms with van der Waals surface area (Å²) in [4.78, 5) is 41.7. The van der Waals surface area contributed by atoms with Gasteiger partial charge in [0, 0.05) is 12.7 Å². The molecule has 1 aromatic heterocycles. The van der Waals surface area contributed by atoms with Gasteiger partial charge in [-0.2, -0.15) is 0 Å². The average Bonchev–Trinajstić information content (AvgIpc) is 2.54. The fourth-order valence-electron chi connectivity index (χ4n) is 1.79. The number of nitrogen functional groups attached to an aromatic ring is 1. The lowest BCUT2D eigenvalue weighted by molar-refractivity contribution is -0.134. The first-order valence-corrected chi connectivity index (χ1v) is 7.05. The minimum absolute atomic E-state index is 0.0365. The molecule has 0 bridgehead atoms. The van der Waals surface area contributed by atoms with Crippen molar-refractivity contribution in [3.05, 3.63) is 45.1 Å². The van der Waals surface area contributed by atoms with Crippen molar-refractivity contribution in [2.24, 2.45) is 0 Å². The summed E-state index contributed by atoms with van der Waals surface area (Å²) in [5.41, 5.74) is 4.71. The van der Waals surface area contributed by atoms with Gasteiger partial charge in [-0.3, -0.25) is 19.4 Å². The highest BCUT2D eigenvalue weighted by atomic mass is 35.5. The SMILES string of the molecule is CNc1nc(CC(=O)C(=O)Nc2ccc(Cl)c(F)c2)c(N)c(=O)[nH]1. The normalized spacial score (nSPS) is 10.3. The summed E-state index contributed by atoms with van der Waals surface area (Å²) in [6, 6.07) is 3.56. The number of aromatic nitrogens is 2. The van der Waals surface area contributed by atoms with Crippen molar-refractivity contribution in [3.8, 4) is 0 Å². The van der Waals surface area contributed by atoms with Crippen molar-refractivity contribution in [2.75, 3.05) is 23.4 Å². The van der Waals surface area contributed by atoms with Crippen LogP contribution >= 0.6 is 11.6 Å². The summed E-state index contributed by atoms with van der Waals surface area (Å²) >= 11 is 5.53. The van der Waals surface area contributed by atoms with Gasteiger partial charge in [0.15, 0.2) is 0 Å². The van der Waals surface area contributed by atoms with Crippen LogP contribution in [0.4, 0.5) is 21.7 Å². The molecule has 24 heavy (non-hydrogen) atoms. The van der Waals surface area contributed by atoms with Crippen molar-refractivity contribution in [2.45, 2.75) is 6.42 Å². The zero-order valence-electron chi connectivity index (χ0n) is 12.4. The van der Waals surface area contributed by atoms with E-state index in [0.717, 1.165) is 6.07 Å². The molecule has 10 heteroatoms. The van der Waals surface area contributed by atoms with E-state index >= 15 is 0 Å². The number of nitrogens with two attached hydrogens (primary N) is 1. The van der Waals surface area contributed by atoms with Crippen LogP contribution in [0.3, 0.4) is 0 Å². The van der Waals surface area contributed by atoms with E-state index in [9.17, 15) is 18.8 Å². The molecule has 1 aromatic carbocycles. The summed E-state index contributed by atoms with van der Waals surface area (Å²) in [5, 5.41) is 4.72. The molecule has 0 atom stereocenters. The largest absolute Gasteiger partial charge is 0.393 e. The molecule has 0 unspecified atom stereocenters. The monoisotopic (exact) mass is 353 g/mol. The Hall–Kier alpha value is -2.94. The van der Waals surface area contributed by atoms with Crippen LogP contribution in [0.1, 0.15) is 5.69 Å². The first-order valence-electron chi connectivity index (χ1n) is 6.67. The van der Waals surface area contributed by atoms with Crippen molar-refractivity contribution in [1.29, 1.82) is 0 Å². The predicted molar refractivity (Wildman–Crippen MR) is 87.6 cm³/mol. The molecule has 0 radical (unpaired) electrons. The summed E-state index contributed by atoms with van der Waals surface area (Å²) in [6.45, 7) is 0. The third-order valence-corrected chi connectivity index (χ3v) is 3.34. The van der Waals surface area contributed by atoms with Gasteiger partial charge in [0.05, 0.1) is 17.1 Å². The Morgan fingerprint density at radius 2 is 2.12 bits per heavy atom. The van der Waals surface area contributed by atoms with Gasteiger partial charge in [0.2, 0.25) is 11.7 Å². The van der Waals surface area contributed by atoms with Crippen molar-refractivity contribution in [1.82, 2.24) is 9.97 Å². The van der Waals surface area contributed by atoms with E-state index in [1.807, 2.05) is 0 Å². The molecule has 0 aliphatic rings. The van der Waals surface area contributed by atoms with E-state index in [2.05, 4.69) is 20.6 Å². The fraction of sp³-hybridized carbons (Fsp3) is 0.143. The number of aromatic amines is 1. The first-order chi connectivity index (χ1) is 11.3. The second kappa shape index (κ2) is 7.09. The van der Waals surface area contributed by atoms with Crippen LogP contribution in [0.5, 0.6) is 0 Å². The number of rotatable bonds is 5. The fourth-order valence-corrected chi connectivity index (χ4v) is 1.91. The van der Waals surface area contributed by atoms with Gasteiger partial charge in [-0.1, -0.05) is 11.6 Å². The van der Waals surface area contributed by atoms with Crippen molar-refractivity contribution >= 4 is 40.6 Å². The molecule has 2 aromatic rings. The van der Waals surface area contributed by atoms with Crippen molar-refractivity contribution in [3.63, 3.8) is 0 Å². The quantitative estimate of drug-likeness (QED) is 0.592. The van der Waals surface area contributed by atoms with E-state index in [0.29, 0.717) is 0 Å². The van der Waals surface area contributed by atoms with Crippen LogP contribution in [0, 0.1) is 5.82 Å². The Labute approximate surface area is 140 Å². The van der Waals surface area contributed by atoms with Gasteiger partial charge in [0.25, 0.3) is 11.5 Å². The number of carbonyl (C=O) groups excluding carboxylic acids is 2. The predicted octanol–water partition coefficient (Wildman–Crippen LogP) is 0.937. The lowest BCUT2D eigenvalue weighted by Gasteiger charge is -2.07. The van der Waals surface area contributed by atoms with Crippen molar-refractivity contribution < 1.29 is 14.0 Å². The topological polar surface area (TPSA) is 130 Å². The Bertz CT molecular complexity index is 868. The van der Waals surface area contributed by atoms with Gasteiger partial charge in [-0.05, 0) is 18.2 Å². The second-order valence-corrected chi connectivity index (χ2v) is 5.12. The molecular formula is C14H13ClFN5O3. The first kappa shape index (κ1) is 17.4. The molecule has 0 saturated heterocycles. The van der Waals surface area contributed by atoms with Gasteiger partial charge >= 0.3 is 0 Å². The number of H-pyrrole nitrogens is 1. The number of nitrogens with one attached hydrogen (secondary N) is 3. The number of carbonyl (C=O) groups is 2. The van der Waals surface area contributed by atoms with Gasteiger partial charge in [0.1, 0.15) is 11.5 Å². The highest BCUT2D eigenvalue weighted by molar-refractivity contribution is 6.41. The van der Waals surface area contributed by atoms with E-state index in [4.69, 9.17) is 17.3 Å². The lowest BCUT2D eigenvalue weighted by Crippen LogP contribution is -2.27. The number of halogens is 2. The zero-order valence-corrected chi connectivity index (χ0v) is 13.2. The van der Waals surface area contributed by atoms with Crippen LogP contribution < -0.4 is 21.9 Å². The molecule has 1 amide bonds. The molecule has 5 N–H and O–H groups in total.